The normalized spacial score (nSPS) is 15.0. The minimum absolute atomic E-state index is 0.208. The van der Waals surface area contributed by atoms with Gasteiger partial charge in [0.05, 0.1) is 24.9 Å². The van der Waals surface area contributed by atoms with Gasteiger partial charge in [0.2, 0.25) is 0 Å². The number of nitrogens with zero attached hydrogens (tertiary/aromatic N) is 3. The molecule has 0 spiro atoms. The van der Waals surface area contributed by atoms with Gasteiger partial charge in [-0.1, -0.05) is 0 Å². The second-order valence-electron chi connectivity index (χ2n) is 7.25. The first-order chi connectivity index (χ1) is 15.2. The molecule has 3 aromatic rings. The average molecular weight is 422 g/mol. The van der Waals surface area contributed by atoms with E-state index in [1.165, 1.54) is 6.20 Å². The number of pyridine rings is 1. The van der Waals surface area contributed by atoms with Gasteiger partial charge in [0.1, 0.15) is 23.9 Å². The Labute approximate surface area is 179 Å². The van der Waals surface area contributed by atoms with Crippen molar-refractivity contribution in [1.82, 2.24) is 20.3 Å². The van der Waals surface area contributed by atoms with Crippen LogP contribution in [0.4, 0.5) is 4.39 Å². The molecule has 7 nitrogen and oxygen atoms in total. The van der Waals surface area contributed by atoms with E-state index in [4.69, 9.17) is 9.47 Å². The molecule has 0 bridgehead atoms. The zero-order chi connectivity index (χ0) is 21.6. The predicted octanol–water partition coefficient (Wildman–Crippen LogP) is 3.32. The Bertz CT molecular complexity index is 1040. The molecule has 0 aliphatic carbocycles. The predicted molar refractivity (Wildman–Crippen MR) is 113 cm³/mol. The van der Waals surface area contributed by atoms with E-state index in [0.29, 0.717) is 36.6 Å². The Balaban J connectivity index is 1.64. The number of rotatable bonds is 7. The number of ether oxygens (including phenoxy) is 2. The fraction of sp³-hybridized carbons (Fsp3) is 0.304. The smallest absolute Gasteiger partial charge is 0.253 e. The summed E-state index contributed by atoms with van der Waals surface area (Å²) in [7, 11) is 0. The van der Waals surface area contributed by atoms with Gasteiger partial charge in [0.25, 0.3) is 5.91 Å². The number of halogens is 1. The van der Waals surface area contributed by atoms with Gasteiger partial charge in [-0.15, -0.1) is 0 Å². The molecule has 0 radical (unpaired) electrons. The van der Waals surface area contributed by atoms with Gasteiger partial charge in [0.15, 0.2) is 0 Å². The van der Waals surface area contributed by atoms with Crippen LogP contribution in [0, 0.1) is 6.92 Å². The van der Waals surface area contributed by atoms with Gasteiger partial charge in [-0.25, -0.2) is 9.97 Å². The number of carbonyl (C=O) groups is 1. The fourth-order valence-electron chi connectivity index (χ4n) is 3.49. The summed E-state index contributed by atoms with van der Waals surface area (Å²) >= 11 is 0. The Morgan fingerprint density at radius 3 is 2.84 bits per heavy atom. The van der Waals surface area contributed by atoms with Crippen LogP contribution in [-0.2, 0) is 6.42 Å². The van der Waals surface area contributed by atoms with Gasteiger partial charge in [-0.3, -0.25) is 14.2 Å². The van der Waals surface area contributed by atoms with E-state index in [2.05, 4.69) is 20.3 Å². The largest absolute Gasteiger partial charge is 0.493 e. The maximum atomic E-state index is 12.6. The van der Waals surface area contributed by atoms with Crippen molar-refractivity contribution >= 4 is 5.91 Å². The van der Waals surface area contributed by atoms with E-state index in [1.807, 2.05) is 19.1 Å². The molecule has 1 atom stereocenters. The van der Waals surface area contributed by atoms with Crippen LogP contribution in [0.25, 0.3) is 11.1 Å². The summed E-state index contributed by atoms with van der Waals surface area (Å²) in [4.78, 5) is 25.2. The summed E-state index contributed by atoms with van der Waals surface area (Å²) in [5.74, 6) is 1.79. The molecular formula is C23H23FN4O3. The second kappa shape index (κ2) is 9.51. The highest BCUT2D eigenvalue weighted by Gasteiger charge is 2.27. The molecule has 2 aromatic heterocycles. The van der Waals surface area contributed by atoms with Crippen LogP contribution in [0.1, 0.15) is 28.2 Å². The van der Waals surface area contributed by atoms with Gasteiger partial charge in [0, 0.05) is 54.3 Å². The molecule has 160 valence electrons. The molecule has 31 heavy (non-hydrogen) atoms. The highest BCUT2D eigenvalue weighted by Crippen LogP contribution is 2.40. The highest BCUT2D eigenvalue weighted by atomic mass is 19.1. The summed E-state index contributed by atoms with van der Waals surface area (Å²) in [5.41, 5.74) is 2.97. The number of benzene rings is 1. The zero-order valence-electron chi connectivity index (χ0n) is 17.2. The number of fused-ring (bicyclic) bond motifs is 1. The van der Waals surface area contributed by atoms with Crippen LogP contribution in [0.15, 0.2) is 49.1 Å². The lowest BCUT2D eigenvalue weighted by molar-refractivity contribution is 0.0915. The monoisotopic (exact) mass is 422 g/mol. The second-order valence-corrected chi connectivity index (χ2v) is 7.25. The van der Waals surface area contributed by atoms with Crippen LogP contribution >= 0.6 is 0 Å². The lowest BCUT2D eigenvalue weighted by Gasteiger charge is -2.29. The zero-order valence-corrected chi connectivity index (χ0v) is 17.2. The van der Waals surface area contributed by atoms with E-state index >= 15 is 0 Å². The van der Waals surface area contributed by atoms with Gasteiger partial charge < -0.3 is 14.8 Å². The molecule has 0 unspecified atom stereocenters. The van der Waals surface area contributed by atoms with Crippen LogP contribution in [0.2, 0.25) is 0 Å². The quantitative estimate of drug-likeness (QED) is 0.588. The molecule has 1 aliphatic heterocycles. The number of aryl methyl sites for hydroxylation is 1. The number of hydrogen-bond donors (Lipinski definition) is 1. The molecule has 1 N–H and O–H groups in total. The van der Waals surface area contributed by atoms with E-state index in [0.717, 1.165) is 22.4 Å². The first-order valence-corrected chi connectivity index (χ1v) is 10.1. The maximum absolute atomic E-state index is 12.6. The summed E-state index contributed by atoms with van der Waals surface area (Å²) in [6.07, 6.45) is 7.47. The van der Waals surface area contributed by atoms with Crippen molar-refractivity contribution < 1.29 is 18.7 Å². The maximum Gasteiger partial charge on any atom is 0.253 e. The Kier molecular flexibility index (Phi) is 6.35. The number of nitrogens with one attached hydrogen (secondary N) is 1. The number of amides is 1. The lowest BCUT2D eigenvalue weighted by Crippen LogP contribution is -2.43. The Morgan fingerprint density at radius 2 is 2.10 bits per heavy atom. The van der Waals surface area contributed by atoms with Crippen LogP contribution in [0.3, 0.4) is 0 Å². The summed E-state index contributed by atoms with van der Waals surface area (Å²) < 4.78 is 24.4. The van der Waals surface area contributed by atoms with Crippen LogP contribution < -0.4 is 14.8 Å². The van der Waals surface area contributed by atoms with Gasteiger partial charge in [-0.2, -0.15) is 0 Å². The van der Waals surface area contributed by atoms with Crippen molar-refractivity contribution in [3.63, 3.8) is 0 Å². The third-order valence-corrected chi connectivity index (χ3v) is 4.99. The number of alkyl halides is 1. The molecule has 1 aromatic carbocycles. The minimum atomic E-state index is -0.445. The van der Waals surface area contributed by atoms with Crippen molar-refractivity contribution in [2.45, 2.75) is 25.8 Å². The number of hydrogen-bond acceptors (Lipinski definition) is 6. The average Bonchev–Trinajstić information content (AvgIpc) is 2.80. The number of aromatic nitrogens is 3. The fourth-order valence-corrected chi connectivity index (χ4v) is 3.49. The van der Waals surface area contributed by atoms with E-state index in [-0.39, 0.29) is 18.6 Å². The molecule has 1 amide bonds. The molecule has 0 fully saturated rings. The summed E-state index contributed by atoms with van der Waals surface area (Å²) in [6, 6.07) is 6.87. The van der Waals surface area contributed by atoms with Crippen molar-refractivity contribution in [3.05, 3.63) is 66.0 Å². The molecular weight excluding hydrogens is 399 g/mol. The third kappa shape index (κ3) is 4.79. The molecule has 0 saturated heterocycles. The summed E-state index contributed by atoms with van der Waals surface area (Å²) in [5, 5.41) is 3.01. The minimum Gasteiger partial charge on any atom is -0.493 e. The van der Waals surface area contributed by atoms with Crippen molar-refractivity contribution in [2.75, 3.05) is 19.9 Å². The van der Waals surface area contributed by atoms with Crippen molar-refractivity contribution in [2.24, 2.45) is 0 Å². The molecule has 8 heteroatoms. The first kappa shape index (κ1) is 20.7. The molecule has 4 rings (SSSR count). The van der Waals surface area contributed by atoms with Crippen molar-refractivity contribution in [1.29, 1.82) is 0 Å². The first-order valence-electron chi connectivity index (χ1n) is 10.1. The molecule has 3 heterocycles. The van der Waals surface area contributed by atoms with E-state index in [1.54, 1.807) is 30.7 Å². The topological polar surface area (TPSA) is 86.2 Å². The van der Waals surface area contributed by atoms with E-state index < -0.39 is 6.67 Å². The number of carbonyl (C=O) groups excluding carboxylic acids is 1. The van der Waals surface area contributed by atoms with Crippen LogP contribution in [-0.4, -0.2) is 46.8 Å². The van der Waals surface area contributed by atoms with Gasteiger partial charge >= 0.3 is 0 Å². The highest BCUT2D eigenvalue weighted by molar-refractivity contribution is 5.94. The SMILES string of the molecule is Cc1ncc(-c2c(OCCCF)ccc3c2C[C@H](NC(=O)c2cccnc2)CO3)cn1. The van der Waals surface area contributed by atoms with E-state index in [9.17, 15) is 9.18 Å². The van der Waals surface area contributed by atoms with Crippen LogP contribution in [0.5, 0.6) is 11.5 Å². The molecule has 1 aliphatic rings. The van der Waals surface area contributed by atoms with Crippen molar-refractivity contribution in [3.8, 4) is 22.6 Å². The lowest BCUT2D eigenvalue weighted by atomic mass is 9.93. The molecule has 0 saturated carbocycles. The Morgan fingerprint density at radius 1 is 1.26 bits per heavy atom. The Hall–Kier alpha value is -3.55. The standard InChI is InChI=1S/C23H23FN4O3/c1-15-26-12-17(13-27-15)22-19-10-18(28-23(29)16-4-2-8-25-11-16)14-31-20(19)5-6-21(22)30-9-3-7-24/h2,4-6,8,11-13,18H,3,7,9-10,14H2,1H3,(H,28,29)/t18-/m0/s1. The summed E-state index contributed by atoms with van der Waals surface area (Å²) in [6.45, 7) is 1.98. The van der Waals surface area contributed by atoms with Gasteiger partial charge in [-0.05, 0) is 31.2 Å². The third-order valence-electron chi connectivity index (χ3n) is 4.99.